The highest BCUT2D eigenvalue weighted by Gasteiger charge is 2.12. The van der Waals surface area contributed by atoms with Gasteiger partial charge in [-0.15, -0.1) is 11.3 Å². The summed E-state index contributed by atoms with van der Waals surface area (Å²) in [6.45, 7) is 2.38. The predicted molar refractivity (Wildman–Crippen MR) is 86.1 cm³/mol. The highest BCUT2D eigenvalue weighted by atomic mass is 79.9. The van der Waals surface area contributed by atoms with Gasteiger partial charge in [0.2, 0.25) is 12.3 Å². The van der Waals surface area contributed by atoms with Gasteiger partial charge in [0.15, 0.2) is 5.13 Å². The van der Waals surface area contributed by atoms with E-state index >= 15 is 0 Å². The number of carbonyl (C=O) groups is 2. The quantitative estimate of drug-likeness (QED) is 0.798. The molecular formula is C14H14BrN3O2S. The second kappa shape index (κ2) is 7.33. The van der Waals surface area contributed by atoms with Crippen molar-refractivity contribution in [1.82, 2.24) is 9.88 Å². The van der Waals surface area contributed by atoms with Gasteiger partial charge in [-0.25, -0.2) is 4.98 Å². The molecule has 0 radical (unpaired) electrons. The van der Waals surface area contributed by atoms with E-state index in [1.165, 1.54) is 16.2 Å². The molecule has 0 aliphatic rings. The molecule has 5 nitrogen and oxygen atoms in total. The molecule has 0 aliphatic heterocycles. The largest absolute Gasteiger partial charge is 0.332 e. The van der Waals surface area contributed by atoms with Gasteiger partial charge in [0.1, 0.15) is 11.1 Å². The number of amides is 2. The average Bonchev–Trinajstić information content (AvgIpc) is 2.85. The number of thiazole rings is 1. The monoisotopic (exact) mass is 367 g/mol. The van der Waals surface area contributed by atoms with Gasteiger partial charge >= 0.3 is 0 Å². The number of rotatable bonds is 6. The number of aromatic nitrogens is 1. The van der Waals surface area contributed by atoms with E-state index in [1.807, 2.05) is 31.2 Å². The van der Waals surface area contributed by atoms with E-state index in [9.17, 15) is 9.59 Å². The molecule has 21 heavy (non-hydrogen) atoms. The van der Waals surface area contributed by atoms with E-state index in [4.69, 9.17) is 0 Å². The Morgan fingerprint density at radius 2 is 2.24 bits per heavy atom. The molecule has 0 spiro atoms. The zero-order valence-electron chi connectivity index (χ0n) is 11.4. The Morgan fingerprint density at radius 1 is 1.48 bits per heavy atom. The zero-order valence-corrected chi connectivity index (χ0v) is 13.8. The first kappa shape index (κ1) is 15.7. The van der Waals surface area contributed by atoms with Gasteiger partial charge in [-0.2, -0.15) is 0 Å². The summed E-state index contributed by atoms with van der Waals surface area (Å²) >= 11 is 4.54. The molecule has 1 N–H and O–H groups in total. The highest BCUT2D eigenvalue weighted by molar-refractivity contribution is 9.10. The minimum absolute atomic E-state index is 0.00493. The Labute approximate surface area is 135 Å². The molecule has 2 rings (SSSR count). The van der Waals surface area contributed by atoms with Crippen LogP contribution in [0.25, 0.3) is 0 Å². The molecule has 0 fully saturated rings. The van der Waals surface area contributed by atoms with Crippen LogP contribution in [0.2, 0.25) is 0 Å². The standard InChI is InChI=1S/C14H14BrN3O2S/c1-10-4-2-3-5-11(10)6-18(9-19)7-13(20)17-14-16-12(15)8-21-14/h2-5,8-9H,6-7H2,1H3,(H,16,17,20). The van der Waals surface area contributed by atoms with Crippen molar-refractivity contribution in [1.29, 1.82) is 0 Å². The van der Waals surface area contributed by atoms with Crippen molar-refractivity contribution < 1.29 is 9.59 Å². The third-order valence-electron chi connectivity index (χ3n) is 2.85. The molecule has 0 aliphatic carbocycles. The Kier molecular flexibility index (Phi) is 5.46. The molecule has 2 aromatic rings. The normalized spacial score (nSPS) is 10.2. The molecule has 0 atom stereocenters. The van der Waals surface area contributed by atoms with Gasteiger partial charge in [0, 0.05) is 11.9 Å². The number of benzene rings is 1. The van der Waals surface area contributed by atoms with Crippen LogP contribution in [0, 0.1) is 6.92 Å². The number of halogens is 1. The van der Waals surface area contributed by atoms with Crippen LogP contribution < -0.4 is 5.32 Å². The van der Waals surface area contributed by atoms with E-state index in [-0.39, 0.29) is 12.5 Å². The van der Waals surface area contributed by atoms with Crippen LogP contribution in [0.15, 0.2) is 34.2 Å². The lowest BCUT2D eigenvalue weighted by Crippen LogP contribution is -2.32. The van der Waals surface area contributed by atoms with Gasteiger partial charge in [-0.3, -0.25) is 9.59 Å². The molecule has 1 heterocycles. The van der Waals surface area contributed by atoms with Crippen LogP contribution in [0.5, 0.6) is 0 Å². The highest BCUT2D eigenvalue weighted by Crippen LogP contribution is 2.19. The lowest BCUT2D eigenvalue weighted by atomic mass is 10.1. The summed E-state index contributed by atoms with van der Waals surface area (Å²) in [5.74, 6) is -0.266. The van der Waals surface area contributed by atoms with Crippen LogP contribution in [-0.2, 0) is 16.1 Å². The maximum atomic E-state index is 11.9. The van der Waals surface area contributed by atoms with E-state index in [0.29, 0.717) is 22.7 Å². The van der Waals surface area contributed by atoms with Crippen LogP contribution in [0.1, 0.15) is 11.1 Å². The van der Waals surface area contributed by atoms with Crippen LogP contribution in [0.3, 0.4) is 0 Å². The molecular weight excluding hydrogens is 354 g/mol. The lowest BCUT2D eigenvalue weighted by molar-refractivity contribution is -0.125. The van der Waals surface area contributed by atoms with Crippen LogP contribution >= 0.6 is 27.3 Å². The van der Waals surface area contributed by atoms with Crippen molar-refractivity contribution in [2.75, 3.05) is 11.9 Å². The SMILES string of the molecule is Cc1ccccc1CN(C=O)CC(=O)Nc1nc(Br)cs1. The number of anilines is 1. The number of nitrogens with one attached hydrogen (secondary N) is 1. The Morgan fingerprint density at radius 3 is 2.86 bits per heavy atom. The molecule has 0 saturated carbocycles. The van der Waals surface area contributed by atoms with Crippen molar-refractivity contribution in [3.8, 4) is 0 Å². The Bertz CT molecular complexity index is 645. The fourth-order valence-electron chi connectivity index (χ4n) is 1.79. The summed E-state index contributed by atoms with van der Waals surface area (Å²) in [4.78, 5) is 28.6. The average molecular weight is 368 g/mol. The van der Waals surface area contributed by atoms with Crippen LogP contribution in [-0.4, -0.2) is 28.7 Å². The van der Waals surface area contributed by atoms with Gasteiger partial charge < -0.3 is 10.2 Å². The number of carbonyl (C=O) groups excluding carboxylic acids is 2. The van der Waals surface area contributed by atoms with Crippen molar-refractivity contribution in [2.24, 2.45) is 0 Å². The first-order valence-corrected chi connectivity index (χ1v) is 7.90. The van der Waals surface area contributed by atoms with Crippen LogP contribution in [0.4, 0.5) is 5.13 Å². The Balaban J connectivity index is 1.94. The molecule has 7 heteroatoms. The van der Waals surface area contributed by atoms with Crippen molar-refractivity contribution in [2.45, 2.75) is 13.5 Å². The molecule has 0 bridgehead atoms. The number of hydrogen-bond acceptors (Lipinski definition) is 4. The minimum Gasteiger partial charge on any atom is -0.332 e. The molecule has 1 aromatic heterocycles. The van der Waals surface area contributed by atoms with E-state index in [0.717, 1.165) is 11.1 Å². The summed E-state index contributed by atoms with van der Waals surface area (Å²) in [6.07, 6.45) is 0.684. The maximum Gasteiger partial charge on any atom is 0.245 e. The smallest absolute Gasteiger partial charge is 0.245 e. The third-order valence-corrected chi connectivity index (χ3v) is 4.32. The van der Waals surface area contributed by atoms with Gasteiger partial charge in [-0.05, 0) is 34.0 Å². The van der Waals surface area contributed by atoms with E-state index in [1.54, 1.807) is 5.38 Å². The predicted octanol–water partition coefficient (Wildman–Crippen LogP) is 2.81. The lowest BCUT2D eigenvalue weighted by Gasteiger charge is -2.17. The summed E-state index contributed by atoms with van der Waals surface area (Å²) in [5, 5.41) is 4.95. The Hall–Kier alpha value is -1.73. The topological polar surface area (TPSA) is 62.3 Å². The molecule has 0 saturated heterocycles. The first-order chi connectivity index (χ1) is 10.1. The van der Waals surface area contributed by atoms with E-state index < -0.39 is 0 Å². The number of hydrogen-bond donors (Lipinski definition) is 1. The molecule has 2 amide bonds. The third kappa shape index (κ3) is 4.64. The maximum absolute atomic E-state index is 11.9. The fraction of sp³-hybridized carbons (Fsp3) is 0.214. The molecule has 110 valence electrons. The van der Waals surface area contributed by atoms with Crippen molar-refractivity contribution >= 4 is 44.7 Å². The second-order valence-corrected chi connectivity index (χ2v) is 6.13. The van der Waals surface area contributed by atoms with Gasteiger partial charge in [-0.1, -0.05) is 24.3 Å². The van der Waals surface area contributed by atoms with Crippen molar-refractivity contribution in [3.63, 3.8) is 0 Å². The van der Waals surface area contributed by atoms with Gasteiger partial charge in [0.05, 0.1) is 0 Å². The zero-order chi connectivity index (χ0) is 15.2. The number of nitrogens with zero attached hydrogens (tertiary/aromatic N) is 2. The summed E-state index contributed by atoms with van der Waals surface area (Å²) < 4.78 is 0.676. The second-order valence-electron chi connectivity index (χ2n) is 4.46. The van der Waals surface area contributed by atoms with Gasteiger partial charge in [0.25, 0.3) is 0 Å². The summed E-state index contributed by atoms with van der Waals surface area (Å²) in [6, 6.07) is 7.78. The minimum atomic E-state index is -0.266. The molecule has 0 unspecified atom stereocenters. The number of aryl methyl sites for hydroxylation is 1. The first-order valence-electron chi connectivity index (χ1n) is 6.23. The summed E-state index contributed by atoms with van der Waals surface area (Å²) in [7, 11) is 0. The van der Waals surface area contributed by atoms with E-state index in [2.05, 4.69) is 26.2 Å². The molecule has 1 aromatic carbocycles. The summed E-state index contributed by atoms with van der Waals surface area (Å²) in [5.41, 5.74) is 2.11. The fourth-order valence-corrected chi connectivity index (χ4v) is 2.95. The van der Waals surface area contributed by atoms with Crippen molar-refractivity contribution in [3.05, 3.63) is 45.4 Å².